The molecule has 4 fully saturated rings. The predicted octanol–water partition coefficient (Wildman–Crippen LogP) is 6.82. The summed E-state index contributed by atoms with van der Waals surface area (Å²) in [6.07, 6.45) is 8.18. The van der Waals surface area contributed by atoms with E-state index in [9.17, 15) is 13.2 Å². The number of nitrogens with one attached hydrogen (secondary N) is 2. The number of benzene rings is 3. The van der Waals surface area contributed by atoms with Crippen LogP contribution in [0.3, 0.4) is 0 Å². The van der Waals surface area contributed by atoms with Crippen molar-refractivity contribution in [3.63, 3.8) is 0 Å². The molecule has 0 atom stereocenters. The number of carbonyl (C=O) groups is 1. The van der Waals surface area contributed by atoms with Crippen molar-refractivity contribution in [2.45, 2.75) is 62.7 Å². The minimum Gasteiger partial charge on any atom is -0.322 e. The lowest BCUT2D eigenvalue weighted by atomic mass is 9.48. The van der Waals surface area contributed by atoms with Gasteiger partial charge in [0, 0.05) is 16.9 Å². The summed E-state index contributed by atoms with van der Waals surface area (Å²) in [4.78, 5) is 13.2. The van der Waals surface area contributed by atoms with Crippen molar-refractivity contribution >= 4 is 27.3 Å². The van der Waals surface area contributed by atoms with Gasteiger partial charge in [-0.05, 0) is 129 Å². The van der Waals surface area contributed by atoms with Crippen molar-refractivity contribution in [3.8, 4) is 0 Å². The normalized spacial score (nSPS) is 26.2. The van der Waals surface area contributed by atoms with Gasteiger partial charge in [-0.15, -0.1) is 0 Å². The molecule has 4 aliphatic carbocycles. The Bertz CT molecular complexity index is 1420. The highest BCUT2D eigenvalue weighted by atomic mass is 32.2. The summed E-state index contributed by atoms with van der Waals surface area (Å²) in [5, 5.41) is 2.96. The van der Waals surface area contributed by atoms with Crippen LogP contribution in [0.1, 0.15) is 65.6 Å². The highest BCUT2D eigenvalue weighted by Gasteiger charge is 2.51. The van der Waals surface area contributed by atoms with Gasteiger partial charge < -0.3 is 5.32 Å². The van der Waals surface area contributed by atoms with Crippen LogP contribution in [0.2, 0.25) is 0 Å². The zero-order valence-corrected chi connectivity index (χ0v) is 22.3. The molecule has 4 aliphatic rings. The molecule has 5 nitrogen and oxygen atoms in total. The smallest absolute Gasteiger partial charge is 0.262 e. The predicted molar refractivity (Wildman–Crippen MR) is 147 cm³/mol. The van der Waals surface area contributed by atoms with Crippen molar-refractivity contribution in [2.24, 2.45) is 17.8 Å². The maximum atomic E-state index is 13.1. The first-order valence-electron chi connectivity index (χ1n) is 13.3. The molecule has 3 aromatic carbocycles. The third-order valence-corrected chi connectivity index (χ3v) is 10.3. The number of rotatable bonds is 6. The highest BCUT2D eigenvalue weighted by molar-refractivity contribution is 7.92. The lowest BCUT2D eigenvalue weighted by Crippen LogP contribution is -2.48. The van der Waals surface area contributed by atoms with Gasteiger partial charge >= 0.3 is 0 Å². The average molecular weight is 515 g/mol. The van der Waals surface area contributed by atoms with E-state index >= 15 is 0 Å². The second kappa shape index (κ2) is 9.02. The lowest BCUT2D eigenvalue weighted by Gasteiger charge is -2.57. The van der Waals surface area contributed by atoms with Crippen LogP contribution in [-0.2, 0) is 15.4 Å². The molecule has 0 radical (unpaired) electrons. The van der Waals surface area contributed by atoms with Crippen LogP contribution >= 0.6 is 0 Å². The van der Waals surface area contributed by atoms with Crippen molar-refractivity contribution in [1.82, 2.24) is 0 Å². The monoisotopic (exact) mass is 514 g/mol. The molecule has 37 heavy (non-hydrogen) atoms. The van der Waals surface area contributed by atoms with E-state index in [1.165, 1.54) is 50.2 Å². The van der Waals surface area contributed by atoms with E-state index in [0.717, 1.165) is 29.0 Å². The first-order chi connectivity index (χ1) is 17.7. The van der Waals surface area contributed by atoms with E-state index < -0.39 is 10.0 Å². The Morgan fingerprint density at radius 3 is 2.08 bits per heavy atom. The second-order valence-corrected chi connectivity index (χ2v) is 13.3. The molecule has 1 amide bonds. The van der Waals surface area contributed by atoms with E-state index in [-0.39, 0.29) is 10.8 Å². The topological polar surface area (TPSA) is 75.3 Å². The van der Waals surface area contributed by atoms with Crippen molar-refractivity contribution in [3.05, 3.63) is 89.0 Å². The number of aryl methyl sites for hydroxylation is 2. The van der Waals surface area contributed by atoms with Crippen LogP contribution in [-0.4, -0.2) is 14.3 Å². The molecule has 2 N–H and O–H groups in total. The number of carbonyl (C=O) groups excluding carboxylic acids is 1. The third-order valence-electron chi connectivity index (χ3n) is 8.80. The van der Waals surface area contributed by atoms with E-state index in [0.29, 0.717) is 22.2 Å². The summed E-state index contributed by atoms with van der Waals surface area (Å²) in [6, 6.07) is 20.4. The fourth-order valence-electron chi connectivity index (χ4n) is 7.52. The summed E-state index contributed by atoms with van der Waals surface area (Å²) in [5.74, 6) is 2.34. The van der Waals surface area contributed by atoms with Crippen LogP contribution in [0.4, 0.5) is 11.4 Å². The van der Waals surface area contributed by atoms with Gasteiger partial charge in [-0.25, -0.2) is 8.42 Å². The number of sulfonamides is 1. The van der Waals surface area contributed by atoms with Crippen molar-refractivity contribution in [2.75, 3.05) is 10.0 Å². The first kappa shape index (κ1) is 24.2. The number of amides is 1. The Morgan fingerprint density at radius 1 is 0.811 bits per heavy atom. The summed E-state index contributed by atoms with van der Waals surface area (Å²) < 4.78 is 28.9. The van der Waals surface area contributed by atoms with E-state index in [4.69, 9.17) is 0 Å². The third kappa shape index (κ3) is 4.68. The standard InChI is InChI=1S/C31H34N2O3S/c1-20-4-3-5-28(12-20)33-37(35,36)29-16-25(7-6-21(29)2)30(34)32-27-10-8-26(9-11-27)31-17-22-13-23(18-31)15-24(14-22)19-31/h3-12,16,22-24,33H,13-15,17-19H2,1-2H3,(H,32,34). The number of hydrogen-bond acceptors (Lipinski definition) is 3. The quantitative estimate of drug-likeness (QED) is 0.379. The molecule has 0 spiro atoms. The van der Waals surface area contributed by atoms with Gasteiger partial charge in [0.05, 0.1) is 4.90 Å². The van der Waals surface area contributed by atoms with E-state index in [1.807, 2.05) is 25.1 Å². The van der Waals surface area contributed by atoms with Gasteiger partial charge in [0.1, 0.15) is 0 Å². The highest BCUT2D eigenvalue weighted by Crippen LogP contribution is 2.60. The minimum absolute atomic E-state index is 0.0961. The molecule has 4 bridgehead atoms. The van der Waals surface area contributed by atoms with Crippen LogP contribution in [0.5, 0.6) is 0 Å². The molecule has 0 aliphatic heterocycles. The zero-order chi connectivity index (χ0) is 25.8. The van der Waals surface area contributed by atoms with Crippen LogP contribution < -0.4 is 10.0 Å². The van der Waals surface area contributed by atoms with Crippen molar-refractivity contribution in [1.29, 1.82) is 0 Å². The summed E-state index contributed by atoms with van der Waals surface area (Å²) in [5.41, 5.74) is 4.79. The van der Waals surface area contributed by atoms with Gasteiger partial charge in [-0.1, -0.05) is 30.3 Å². The molecule has 6 heteroatoms. The van der Waals surface area contributed by atoms with Gasteiger partial charge in [0.15, 0.2) is 0 Å². The molecule has 0 aromatic heterocycles. The van der Waals surface area contributed by atoms with Crippen LogP contribution in [0, 0.1) is 31.6 Å². The van der Waals surface area contributed by atoms with Gasteiger partial charge in [-0.2, -0.15) is 0 Å². The van der Waals surface area contributed by atoms with Crippen molar-refractivity contribution < 1.29 is 13.2 Å². The fourth-order valence-corrected chi connectivity index (χ4v) is 8.85. The Labute approximate surface area is 219 Å². The summed E-state index contributed by atoms with van der Waals surface area (Å²) in [6.45, 7) is 3.64. The Morgan fingerprint density at radius 2 is 1.46 bits per heavy atom. The largest absolute Gasteiger partial charge is 0.322 e. The van der Waals surface area contributed by atoms with Gasteiger partial charge in [0.2, 0.25) is 0 Å². The Kier molecular flexibility index (Phi) is 5.90. The SMILES string of the molecule is Cc1cccc(NS(=O)(=O)c2cc(C(=O)Nc3ccc(C45CC6CC(CC(C6)C4)C5)cc3)ccc2C)c1. The zero-order valence-electron chi connectivity index (χ0n) is 21.5. The minimum atomic E-state index is -3.85. The fraction of sp³-hybridized carbons (Fsp3) is 0.387. The molecule has 3 aromatic rings. The first-order valence-corrected chi connectivity index (χ1v) is 14.8. The lowest BCUT2D eigenvalue weighted by molar-refractivity contribution is -0.00518. The molecule has 7 rings (SSSR count). The van der Waals surface area contributed by atoms with Gasteiger partial charge in [0.25, 0.3) is 15.9 Å². The van der Waals surface area contributed by atoms with Crippen LogP contribution in [0.25, 0.3) is 0 Å². The Hall–Kier alpha value is -3.12. The molecule has 4 saturated carbocycles. The molecule has 192 valence electrons. The van der Waals surface area contributed by atoms with E-state index in [2.05, 4.69) is 22.2 Å². The van der Waals surface area contributed by atoms with Crippen LogP contribution in [0.15, 0.2) is 71.6 Å². The molecule has 0 unspecified atom stereocenters. The second-order valence-electron chi connectivity index (χ2n) is 11.7. The molecule has 0 heterocycles. The Balaban J connectivity index is 1.19. The summed E-state index contributed by atoms with van der Waals surface area (Å²) >= 11 is 0. The van der Waals surface area contributed by atoms with E-state index in [1.54, 1.807) is 37.3 Å². The summed E-state index contributed by atoms with van der Waals surface area (Å²) in [7, 11) is -3.85. The number of anilines is 2. The number of hydrogen-bond donors (Lipinski definition) is 2. The molecular weight excluding hydrogens is 480 g/mol. The molecular formula is C31H34N2O3S. The molecule has 0 saturated heterocycles. The maximum Gasteiger partial charge on any atom is 0.262 e. The average Bonchev–Trinajstić information content (AvgIpc) is 2.83. The maximum absolute atomic E-state index is 13.1. The van der Waals surface area contributed by atoms with Gasteiger partial charge in [-0.3, -0.25) is 9.52 Å².